The van der Waals surface area contributed by atoms with Gasteiger partial charge in [-0.05, 0) is 24.3 Å². The number of rotatable bonds is 1. The van der Waals surface area contributed by atoms with Crippen molar-refractivity contribution in [2.75, 3.05) is 5.32 Å². The summed E-state index contributed by atoms with van der Waals surface area (Å²) < 4.78 is 10.2. The monoisotopic (exact) mass is 426 g/mol. The summed E-state index contributed by atoms with van der Waals surface area (Å²) in [7, 11) is 3.09. The number of anilines is 1. The molecule has 0 aliphatic carbocycles. The first-order valence-corrected chi connectivity index (χ1v) is 10.1. The van der Waals surface area contributed by atoms with Crippen LogP contribution in [0.15, 0.2) is 79.8 Å². The Morgan fingerprint density at radius 1 is 0.906 bits per heavy atom. The Bertz CT molecular complexity index is 1750. The van der Waals surface area contributed by atoms with E-state index in [0.717, 1.165) is 15.9 Å². The van der Waals surface area contributed by atoms with Crippen LogP contribution in [0.5, 0.6) is 0 Å². The van der Waals surface area contributed by atoms with E-state index in [1.54, 1.807) is 31.4 Å². The van der Waals surface area contributed by atoms with E-state index in [1.807, 2.05) is 34.9 Å². The predicted octanol–water partition coefficient (Wildman–Crippen LogP) is 2.65. The van der Waals surface area contributed by atoms with Gasteiger partial charge in [-0.25, -0.2) is 4.79 Å². The lowest BCUT2D eigenvalue weighted by molar-refractivity contribution is 0.586. The molecule has 158 valence electrons. The van der Waals surface area contributed by atoms with Crippen molar-refractivity contribution in [3.8, 4) is 5.69 Å². The molecular weight excluding hydrogens is 408 g/mol. The zero-order chi connectivity index (χ0) is 22.1. The number of nitrogens with one attached hydrogen (secondary N) is 1. The molecule has 1 N–H and O–H groups in total. The lowest BCUT2D eigenvalue weighted by Gasteiger charge is -2.29. The maximum absolute atomic E-state index is 13.4. The molecular formula is C24H18N4O4. The lowest BCUT2D eigenvalue weighted by atomic mass is 9.99. The van der Waals surface area contributed by atoms with Crippen molar-refractivity contribution in [1.29, 1.82) is 0 Å². The molecule has 1 aliphatic rings. The molecule has 1 atom stereocenters. The number of aromatic nitrogens is 3. The summed E-state index contributed by atoms with van der Waals surface area (Å²) in [5.41, 5.74) is 2.67. The van der Waals surface area contributed by atoms with Crippen LogP contribution in [0.1, 0.15) is 17.3 Å². The van der Waals surface area contributed by atoms with E-state index in [0.29, 0.717) is 33.1 Å². The summed E-state index contributed by atoms with van der Waals surface area (Å²) >= 11 is 0. The van der Waals surface area contributed by atoms with E-state index < -0.39 is 11.7 Å². The fourth-order valence-electron chi connectivity index (χ4n) is 4.63. The van der Waals surface area contributed by atoms with Gasteiger partial charge in [0, 0.05) is 20.3 Å². The third-order valence-corrected chi connectivity index (χ3v) is 6.21. The molecule has 0 fully saturated rings. The van der Waals surface area contributed by atoms with Gasteiger partial charge in [0.1, 0.15) is 17.9 Å². The van der Waals surface area contributed by atoms with Crippen molar-refractivity contribution >= 4 is 27.6 Å². The van der Waals surface area contributed by atoms with Crippen molar-refractivity contribution in [3.05, 3.63) is 103 Å². The Hall–Kier alpha value is -4.33. The molecule has 32 heavy (non-hydrogen) atoms. The highest BCUT2D eigenvalue weighted by Gasteiger charge is 2.32. The zero-order valence-electron chi connectivity index (χ0n) is 17.3. The Morgan fingerprint density at radius 2 is 1.66 bits per heavy atom. The van der Waals surface area contributed by atoms with Crippen LogP contribution < -0.4 is 22.0 Å². The topological polar surface area (TPSA) is 91.2 Å². The SMILES string of the molecule is Cn1c(=O)c2cn3c(c2n(C)c1=O)[C@@H](c1coc2ccccc2c1=O)Nc1ccccc1-3. The van der Waals surface area contributed by atoms with Crippen LogP contribution in [-0.4, -0.2) is 13.7 Å². The van der Waals surface area contributed by atoms with Crippen molar-refractivity contribution < 1.29 is 4.42 Å². The molecule has 0 spiro atoms. The molecule has 1 aliphatic heterocycles. The minimum absolute atomic E-state index is 0.168. The van der Waals surface area contributed by atoms with E-state index in [2.05, 4.69) is 5.32 Å². The van der Waals surface area contributed by atoms with Gasteiger partial charge >= 0.3 is 5.69 Å². The second-order valence-corrected chi connectivity index (χ2v) is 7.96. The molecule has 0 amide bonds. The molecule has 8 nitrogen and oxygen atoms in total. The average Bonchev–Trinajstić information content (AvgIpc) is 3.23. The van der Waals surface area contributed by atoms with E-state index in [-0.39, 0.29) is 11.0 Å². The highest BCUT2D eigenvalue weighted by molar-refractivity contribution is 5.87. The van der Waals surface area contributed by atoms with E-state index in [1.165, 1.54) is 17.9 Å². The first-order valence-electron chi connectivity index (χ1n) is 10.1. The Morgan fingerprint density at radius 3 is 2.50 bits per heavy atom. The van der Waals surface area contributed by atoms with Gasteiger partial charge in [0.15, 0.2) is 5.43 Å². The first kappa shape index (κ1) is 18.4. The van der Waals surface area contributed by atoms with Crippen LogP contribution in [0.2, 0.25) is 0 Å². The van der Waals surface area contributed by atoms with Gasteiger partial charge in [0.2, 0.25) is 0 Å². The van der Waals surface area contributed by atoms with Gasteiger partial charge in [-0.15, -0.1) is 0 Å². The molecule has 0 saturated heterocycles. The normalized spacial score (nSPS) is 14.9. The van der Waals surface area contributed by atoms with E-state index in [9.17, 15) is 14.4 Å². The maximum atomic E-state index is 13.4. The first-order chi connectivity index (χ1) is 15.5. The summed E-state index contributed by atoms with van der Waals surface area (Å²) in [4.78, 5) is 39.1. The average molecular weight is 426 g/mol. The van der Waals surface area contributed by atoms with Gasteiger partial charge in [-0.3, -0.25) is 18.7 Å². The fraction of sp³-hybridized carbons (Fsp3) is 0.125. The number of para-hydroxylation sites is 3. The van der Waals surface area contributed by atoms with Crippen LogP contribution in [0.25, 0.3) is 27.6 Å². The maximum Gasteiger partial charge on any atom is 0.331 e. The number of nitrogens with zero attached hydrogens (tertiary/aromatic N) is 3. The van der Waals surface area contributed by atoms with Crippen molar-refractivity contribution in [1.82, 2.24) is 13.7 Å². The summed E-state index contributed by atoms with van der Waals surface area (Å²) in [6.45, 7) is 0. The fourth-order valence-corrected chi connectivity index (χ4v) is 4.63. The zero-order valence-corrected chi connectivity index (χ0v) is 17.3. The third kappa shape index (κ3) is 2.29. The molecule has 4 heterocycles. The molecule has 0 radical (unpaired) electrons. The Balaban J connectivity index is 1.76. The second kappa shape index (κ2) is 6.34. The number of hydrogen-bond acceptors (Lipinski definition) is 5. The van der Waals surface area contributed by atoms with E-state index >= 15 is 0 Å². The van der Waals surface area contributed by atoms with Gasteiger partial charge in [0.05, 0.1) is 38.9 Å². The quantitative estimate of drug-likeness (QED) is 0.445. The largest absolute Gasteiger partial charge is 0.464 e. The minimum Gasteiger partial charge on any atom is -0.464 e. The highest BCUT2D eigenvalue weighted by atomic mass is 16.3. The third-order valence-electron chi connectivity index (χ3n) is 6.21. The molecule has 3 aromatic heterocycles. The summed E-state index contributed by atoms with van der Waals surface area (Å²) in [5.74, 6) is 0. The predicted molar refractivity (Wildman–Crippen MR) is 122 cm³/mol. The lowest BCUT2D eigenvalue weighted by Crippen LogP contribution is -2.37. The molecule has 0 saturated carbocycles. The smallest absolute Gasteiger partial charge is 0.331 e. The second-order valence-electron chi connectivity index (χ2n) is 7.96. The summed E-state index contributed by atoms with van der Waals surface area (Å²) in [6, 6.07) is 14.1. The van der Waals surface area contributed by atoms with Gasteiger partial charge in [0.25, 0.3) is 5.56 Å². The number of benzene rings is 2. The van der Waals surface area contributed by atoms with Gasteiger partial charge in [-0.1, -0.05) is 24.3 Å². The molecule has 2 aromatic carbocycles. The Kier molecular flexibility index (Phi) is 3.65. The minimum atomic E-state index is -0.624. The van der Waals surface area contributed by atoms with E-state index in [4.69, 9.17) is 4.42 Å². The molecule has 0 bridgehead atoms. The van der Waals surface area contributed by atoms with Crippen molar-refractivity contribution in [2.45, 2.75) is 6.04 Å². The van der Waals surface area contributed by atoms with Crippen LogP contribution in [0, 0.1) is 0 Å². The standard InChI is InChI=1S/C24H18N4O4/c1-26-20-14(23(30)27(2)24(26)31)11-28-17-9-5-4-8-16(17)25-19(21(20)28)15-12-32-18-10-6-3-7-13(18)22(15)29/h3-12,19,25H,1-2H3/t19-/m1/s1. The number of aryl methyl sites for hydroxylation is 1. The summed E-state index contributed by atoms with van der Waals surface area (Å²) in [6.07, 6.45) is 3.19. The van der Waals surface area contributed by atoms with Crippen LogP contribution in [0.4, 0.5) is 5.69 Å². The molecule has 0 unspecified atom stereocenters. The molecule has 8 heteroatoms. The highest BCUT2D eigenvalue weighted by Crippen LogP contribution is 2.39. The number of fused-ring (bicyclic) bond motifs is 6. The summed E-state index contributed by atoms with van der Waals surface area (Å²) in [5, 5.41) is 4.30. The van der Waals surface area contributed by atoms with Crippen LogP contribution in [0.3, 0.4) is 0 Å². The van der Waals surface area contributed by atoms with Crippen LogP contribution >= 0.6 is 0 Å². The number of hydrogen-bond donors (Lipinski definition) is 1. The van der Waals surface area contributed by atoms with Gasteiger partial charge in [-0.2, -0.15) is 0 Å². The molecule has 5 aromatic rings. The van der Waals surface area contributed by atoms with Gasteiger partial charge < -0.3 is 14.3 Å². The van der Waals surface area contributed by atoms with Crippen molar-refractivity contribution in [2.24, 2.45) is 14.1 Å². The Labute approximate surface area is 180 Å². The van der Waals surface area contributed by atoms with Crippen LogP contribution in [-0.2, 0) is 14.1 Å². The molecule has 6 rings (SSSR count). The van der Waals surface area contributed by atoms with Crippen molar-refractivity contribution in [3.63, 3.8) is 0 Å².